The Morgan fingerprint density at radius 2 is 1.67 bits per heavy atom. The fourth-order valence-corrected chi connectivity index (χ4v) is 0.888. The predicted octanol–water partition coefficient (Wildman–Crippen LogP) is -0.557. The van der Waals surface area contributed by atoms with Crippen molar-refractivity contribution in [2.24, 2.45) is 0 Å². The number of benzene rings is 1. The van der Waals surface area contributed by atoms with E-state index < -0.39 is 9.05 Å². The molecule has 0 radical (unpaired) electrons. The summed E-state index contributed by atoms with van der Waals surface area (Å²) in [4.78, 5) is 25.3. The largest absolute Gasteiger partial charge is 0.693 e. The fraction of sp³-hybridized carbons (Fsp3) is 0. The second-order valence-electron chi connectivity index (χ2n) is 2.14. The van der Waals surface area contributed by atoms with E-state index in [0.29, 0.717) is 5.69 Å². The smallest absolute Gasteiger partial charge is 0.366 e. The van der Waals surface area contributed by atoms with Gasteiger partial charge in [0.25, 0.3) is 0 Å². The van der Waals surface area contributed by atoms with Crippen molar-refractivity contribution < 1.29 is 18.9 Å². The highest BCUT2D eigenvalue weighted by Gasteiger charge is 2.31. The minimum Gasteiger partial charge on any atom is -0.366 e. The predicted molar refractivity (Wildman–Crippen MR) is 43.6 cm³/mol. The second kappa shape index (κ2) is 3.65. The van der Waals surface area contributed by atoms with Crippen molar-refractivity contribution in [1.29, 1.82) is 0 Å². The van der Waals surface area contributed by atoms with Crippen LogP contribution in [0.1, 0.15) is 0 Å². The number of nitrogens with one attached hydrogen (secondary N) is 1. The molecule has 5 nitrogen and oxygen atoms in total. The Hall–Kier alpha value is -0.923. The third-order valence-corrected chi connectivity index (χ3v) is 1.46. The molecule has 0 saturated heterocycles. The molecule has 66 valence electrons. The van der Waals surface area contributed by atoms with E-state index in [1.807, 2.05) is 0 Å². The average molecular weight is 187 g/mol. The summed E-state index contributed by atoms with van der Waals surface area (Å²) in [5, 5.41) is 0. The van der Waals surface area contributed by atoms with Crippen LogP contribution in [0.25, 0.3) is 0 Å². The first-order chi connectivity index (χ1) is 5.58. The van der Waals surface area contributed by atoms with Crippen molar-refractivity contribution in [3.8, 4) is 0 Å². The minimum atomic E-state index is -4.45. The van der Waals surface area contributed by atoms with E-state index in [1.54, 1.807) is 30.3 Å². The van der Waals surface area contributed by atoms with Gasteiger partial charge in [0, 0.05) is 0 Å². The Kier molecular flexibility index (Phi) is 2.79. The van der Waals surface area contributed by atoms with Gasteiger partial charge in [-0.25, -0.2) is 4.53 Å². The highest BCUT2D eigenvalue weighted by atomic mass is 28.4. The maximum absolute atomic E-state index is 8.44. The Morgan fingerprint density at radius 3 is 2.17 bits per heavy atom. The topological polar surface area (TPSA) is 82.0 Å². The summed E-state index contributed by atoms with van der Waals surface area (Å²) in [6.07, 6.45) is 0. The summed E-state index contributed by atoms with van der Waals surface area (Å²) < 4.78 is 4.17. The normalized spacial score (nSPS) is 11.2. The fourth-order valence-electron chi connectivity index (χ4n) is 0.634. The van der Waals surface area contributed by atoms with Crippen molar-refractivity contribution in [1.82, 2.24) is 0 Å². The van der Waals surface area contributed by atoms with Gasteiger partial charge in [-0.2, -0.15) is 0 Å². The number of hydrogen-bond donors (Lipinski definition) is 4. The van der Waals surface area contributed by atoms with E-state index in [-0.39, 0.29) is 0 Å². The molecule has 0 aliphatic carbocycles. The van der Waals surface area contributed by atoms with Crippen molar-refractivity contribution in [2.75, 3.05) is 5.48 Å². The molecule has 0 amide bonds. The first kappa shape index (κ1) is 9.17. The van der Waals surface area contributed by atoms with E-state index in [2.05, 4.69) is 10.0 Å². The van der Waals surface area contributed by atoms with E-state index in [4.69, 9.17) is 14.4 Å². The molecule has 12 heavy (non-hydrogen) atoms. The zero-order valence-electron chi connectivity index (χ0n) is 6.14. The lowest BCUT2D eigenvalue weighted by Crippen LogP contribution is -2.40. The van der Waals surface area contributed by atoms with Crippen molar-refractivity contribution in [3.05, 3.63) is 30.3 Å². The minimum absolute atomic E-state index is 0.534. The van der Waals surface area contributed by atoms with Crippen LogP contribution in [0.5, 0.6) is 0 Å². The Bertz CT molecular complexity index is 235. The average Bonchev–Trinajstić information content (AvgIpc) is 2.02. The molecule has 0 aliphatic rings. The van der Waals surface area contributed by atoms with Crippen LogP contribution in [0.15, 0.2) is 30.3 Å². The molecule has 0 spiro atoms. The zero-order chi connectivity index (χ0) is 9.03. The Balaban J connectivity index is 2.44. The van der Waals surface area contributed by atoms with Gasteiger partial charge in [0.2, 0.25) is 0 Å². The quantitative estimate of drug-likeness (QED) is 0.377. The van der Waals surface area contributed by atoms with Gasteiger partial charge in [-0.3, -0.25) is 5.48 Å². The molecule has 6 heteroatoms. The summed E-state index contributed by atoms with van der Waals surface area (Å²) in [6, 6.07) is 8.58. The molecule has 1 aromatic rings. The van der Waals surface area contributed by atoms with Gasteiger partial charge in [0.15, 0.2) is 0 Å². The van der Waals surface area contributed by atoms with Gasteiger partial charge in [0.1, 0.15) is 0 Å². The SMILES string of the molecule is O[Si](O)(O)ONc1ccccc1. The monoisotopic (exact) mass is 187 g/mol. The van der Waals surface area contributed by atoms with Gasteiger partial charge < -0.3 is 14.4 Å². The molecule has 0 aromatic heterocycles. The van der Waals surface area contributed by atoms with Crippen LogP contribution in [0, 0.1) is 0 Å². The van der Waals surface area contributed by atoms with E-state index >= 15 is 0 Å². The summed E-state index contributed by atoms with van der Waals surface area (Å²) in [6.45, 7) is 0. The lowest BCUT2D eigenvalue weighted by atomic mass is 10.3. The van der Waals surface area contributed by atoms with Gasteiger partial charge in [0.05, 0.1) is 5.69 Å². The first-order valence-corrected chi connectivity index (χ1v) is 4.99. The van der Waals surface area contributed by atoms with Crippen LogP contribution in [0.4, 0.5) is 5.69 Å². The van der Waals surface area contributed by atoms with Crippen LogP contribution < -0.4 is 5.48 Å². The lowest BCUT2D eigenvalue weighted by molar-refractivity contribution is 0.0868. The van der Waals surface area contributed by atoms with Gasteiger partial charge >= 0.3 is 9.05 Å². The van der Waals surface area contributed by atoms with Crippen LogP contribution in [0.3, 0.4) is 0 Å². The first-order valence-electron chi connectivity index (χ1n) is 3.24. The zero-order valence-corrected chi connectivity index (χ0v) is 7.14. The van der Waals surface area contributed by atoms with Crippen LogP contribution in [0.2, 0.25) is 0 Å². The molecule has 1 rings (SSSR count). The number of rotatable bonds is 3. The van der Waals surface area contributed by atoms with Crippen molar-refractivity contribution >= 4 is 14.7 Å². The van der Waals surface area contributed by atoms with E-state index in [1.165, 1.54) is 0 Å². The maximum atomic E-state index is 8.44. The lowest BCUT2D eigenvalue weighted by Gasteiger charge is -2.10. The summed E-state index contributed by atoms with van der Waals surface area (Å²) in [7, 11) is -4.45. The molecule has 0 unspecified atom stereocenters. The molecule has 0 bridgehead atoms. The summed E-state index contributed by atoms with van der Waals surface area (Å²) >= 11 is 0. The second-order valence-corrected chi connectivity index (χ2v) is 3.50. The molecule has 4 N–H and O–H groups in total. The summed E-state index contributed by atoms with van der Waals surface area (Å²) in [5.41, 5.74) is 2.73. The molecular formula is C6H9NO4Si. The Morgan fingerprint density at radius 1 is 1.08 bits per heavy atom. The Labute approximate surface area is 70.3 Å². The standard InChI is InChI=1S/C6H9NO4Si/c8-12(9,10)11-7-6-4-2-1-3-5-6/h1-5,7-10H. The van der Waals surface area contributed by atoms with Gasteiger partial charge in [-0.05, 0) is 12.1 Å². The van der Waals surface area contributed by atoms with Gasteiger partial charge in [-0.1, -0.05) is 18.2 Å². The molecular weight excluding hydrogens is 178 g/mol. The van der Waals surface area contributed by atoms with Crippen LogP contribution >= 0.6 is 0 Å². The van der Waals surface area contributed by atoms with Crippen LogP contribution in [-0.4, -0.2) is 23.4 Å². The summed E-state index contributed by atoms with van der Waals surface area (Å²) in [5.74, 6) is 0. The molecule has 1 aromatic carbocycles. The molecule has 0 saturated carbocycles. The molecule has 0 heterocycles. The molecule has 0 atom stereocenters. The van der Waals surface area contributed by atoms with Crippen molar-refractivity contribution in [3.63, 3.8) is 0 Å². The van der Waals surface area contributed by atoms with E-state index in [0.717, 1.165) is 0 Å². The third-order valence-electron chi connectivity index (χ3n) is 1.08. The molecule has 0 aliphatic heterocycles. The maximum Gasteiger partial charge on any atom is 0.693 e. The number of anilines is 1. The van der Waals surface area contributed by atoms with Crippen molar-refractivity contribution in [2.45, 2.75) is 0 Å². The highest BCUT2D eigenvalue weighted by Crippen LogP contribution is 2.05. The third kappa shape index (κ3) is 3.46. The van der Waals surface area contributed by atoms with Crippen LogP contribution in [-0.2, 0) is 4.53 Å². The molecule has 0 fully saturated rings. The number of hydrogen-bond acceptors (Lipinski definition) is 5. The number of para-hydroxylation sites is 1. The van der Waals surface area contributed by atoms with Gasteiger partial charge in [-0.15, -0.1) is 0 Å². The highest BCUT2D eigenvalue weighted by molar-refractivity contribution is 6.48. The van der Waals surface area contributed by atoms with E-state index in [9.17, 15) is 0 Å².